The predicted octanol–water partition coefficient (Wildman–Crippen LogP) is 2.26. The third-order valence-corrected chi connectivity index (χ3v) is 2.39. The lowest BCUT2D eigenvalue weighted by Crippen LogP contribution is -2.04. The Balaban J connectivity index is 0.000000211. The van der Waals surface area contributed by atoms with Crippen molar-refractivity contribution >= 4 is 11.9 Å². The van der Waals surface area contributed by atoms with E-state index in [9.17, 15) is 9.59 Å². The van der Waals surface area contributed by atoms with Crippen molar-refractivity contribution < 1.29 is 19.4 Å². The zero-order valence-corrected chi connectivity index (χ0v) is 12.0. The van der Waals surface area contributed by atoms with Crippen LogP contribution in [-0.4, -0.2) is 34.1 Å². The molecule has 6 heteroatoms. The van der Waals surface area contributed by atoms with Crippen LogP contribution in [0.25, 0.3) is 0 Å². The molecule has 0 spiro atoms. The average molecular weight is 288 g/mol. The summed E-state index contributed by atoms with van der Waals surface area (Å²) in [6.07, 6.45) is 0. The van der Waals surface area contributed by atoms with Gasteiger partial charge < -0.3 is 9.84 Å². The highest BCUT2D eigenvalue weighted by molar-refractivity contribution is 5.87. The molecule has 1 N–H and O–H groups in total. The van der Waals surface area contributed by atoms with Gasteiger partial charge in [-0.25, -0.2) is 19.6 Å². The molecule has 0 bridgehead atoms. The number of ether oxygens (including phenoxy) is 1. The summed E-state index contributed by atoms with van der Waals surface area (Å²) in [6.45, 7) is 3.58. The second kappa shape index (κ2) is 7.74. The molecule has 2 heterocycles. The van der Waals surface area contributed by atoms with Crippen molar-refractivity contribution in [2.75, 3.05) is 7.11 Å². The van der Waals surface area contributed by atoms with Gasteiger partial charge in [0.15, 0.2) is 0 Å². The molecule has 21 heavy (non-hydrogen) atoms. The van der Waals surface area contributed by atoms with Crippen LogP contribution in [0.3, 0.4) is 0 Å². The number of aryl methyl sites for hydroxylation is 2. The fourth-order valence-corrected chi connectivity index (χ4v) is 1.42. The molecule has 2 aromatic rings. The van der Waals surface area contributed by atoms with Gasteiger partial charge in [0.05, 0.1) is 7.11 Å². The quantitative estimate of drug-likeness (QED) is 0.853. The summed E-state index contributed by atoms with van der Waals surface area (Å²) in [5.74, 6) is -1.38. The maximum atomic E-state index is 10.9. The van der Waals surface area contributed by atoms with E-state index >= 15 is 0 Å². The molecule has 0 atom stereocenters. The van der Waals surface area contributed by atoms with E-state index in [0.29, 0.717) is 5.69 Å². The SMILES string of the molecule is COC(=O)c1cccc(C)n1.Cc1cccc(C(=O)O)n1. The van der Waals surface area contributed by atoms with Gasteiger partial charge in [0, 0.05) is 11.4 Å². The highest BCUT2D eigenvalue weighted by Gasteiger charge is 2.04. The standard InChI is InChI=1S/C8H9NO2.C7H7NO2/c1-6-4-3-5-7(9-6)8(10)11-2;1-5-3-2-4-6(8-5)7(9)10/h3-5H,1-2H3;2-4H,1H3,(H,9,10). The molecule has 0 aliphatic carbocycles. The highest BCUT2D eigenvalue weighted by atomic mass is 16.5. The van der Waals surface area contributed by atoms with Crippen LogP contribution in [0, 0.1) is 13.8 Å². The maximum Gasteiger partial charge on any atom is 0.356 e. The fourth-order valence-electron chi connectivity index (χ4n) is 1.42. The lowest BCUT2D eigenvalue weighted by Gasteiger charge is -1.97. The summed E-state index contributed by atoms with van der Waals surface area (Å²) in [5.41, 5.74) is 1.99. The number of aromatic nitrogens is 2. The van der Waals surface area contributed by atoms with Gasteiger partial charge >= 0.3 is 11.9 Å². The third-order valence-electron chi connectivity index (χ3n) is 2.39. The molecular formula is C15H16N2O4. The molecule has 0 saturated carbocycles. The summed E-state index contributed by atoms with van der Waals surface area (Å²) in [4.78, 5) is 28.9. The molecule has 2 rings (SSSR count). The summed E-state index contributed by atoms with van der Waals surface area (Å²) in [7, 11) is 1.34. The van der Waals surface area contributed by atoms with Crippen molar-refractivity contribution in [1.82, 2.24) is 9.97 Å². The molecule has 110 valence electrons. The number of carbonyl (C=O) groups excluding carboxylic acids is 1. The largest absolute Gasteiger partial charge is 0.477 e. The lowest BCUT2D eigenvalue weighted by molar-refractivity contribution is 0.0593. The van der Waals surface area contributed by atoms with E-state index in [1.165, 1.54) is 13.2 Å². The molecule has 6 nitrogen and oxygen atoms in total. The number of carboxylic acids is 1. The first kappa shape index (κ1) is 16.3. The number of aromatic carboxylic acids is 1. The summed E-state index contributed by atoms with van der Waals surface area (Å²) in [5, 5.41) is 8.45. The van der Waals surface area contributed by atoms with Crippen LogP contribution in [0.15, 0.2) is 36.4 Å². The van der Waals surface area contributed by atoms with E-state index in [2.05, 4.69) is 14.7 Å². The Hall–Kier alpha value is -2.76. The van der Waals surface area contributed by atoms with Gasteiger partial charge in [-0.3, -0.25) is 0 Å². The van der Waals surface area contributed by atoms with Gasteiger partial charge in [0.1, 0.15) is 11.4 Å². The minimum Gasteiger partial charge on any atom is -0.477 e. The van der Waals surface area contributed by atoms with Crippen LogP contribution < -0.4 is 0 Å². The van der Waals surface area contributed by atoms with Crippen LogP contribution >= 0.6 is 0 Å². The van der Waals surface area contributed by atoms with E-state index in [4.69, 9.17) is 5.11 Å². The number of hydrogen-bond acceptors (Lipinski definition) is 5. The topological polar surface area (TPSA) is 89.4 Å². The van der Waals surface area contributed by atoms with E-state index in [1.54, 1.807) is 31.2 Å². The Labute approximate surface area is 122 Å². The lowest BCUT2D eigenvalue weighted by atomic mass is 10.3. The Morgan fingerprint density at radius 3 is 1.81 bits per heavy atom. The molecular weight excluding hydrogens is 272 g/mol. The van der Waals surface area contributed by atoms with Gasteiger partial charge in [0.25, 0.3) is 0 Å². The van der Waals surface area contributed by atoms with Crippen molar-refractivity contribution in [3.63, 3.8) is 0 Å². The Morgan fingerprint density at radius 1 is 0.952 bits per heavy atom. The smallest absolute Gasteiger partial charge is 0.356 e. The molecule has 0 aromatic carbocycles. The molecule has 2 aromatic heterocycles. The summed E-state index contributed by atoms with van der Waals surface area (Å²) in [6, 6.07) is 10.1. The second-order valence-corrected chi connectivity index (χ2v) is 4.13. The zero-order chi connectivity index (χ0) is 15.8. The molecule has 0 unspecified atom stereocenters. The van der Waals surface area contributed by atoms with E-state index in [-0.39, 0.29) is 5.69 Å². The second-order valence-electron chi connectivity index (χ2n) is 4.13. The number of nitrogens with zero attached hydrogens (tertiary/aromatic N) is 2. The van der Waals surface area contributed by atoms with Crippen molar-refractivity contribution in [2.45, 2.75) is 13.8 Å². The van der Waals surface area contributed by atoms with E-state index < -0.39 is 11.9 Å². The predicted molar refractivity (Wildman–Crippen MR) is 76.2 cm³/mol. The molecule has 0 aliphatic rings. The van der Waals surface area contributed by atoms with Gasteiger partial charge in [-0.15, -0.1) is 0 Å². The molecule has 0 radical (unpaired) electrons. The van der Waals surface area contributed by atoms with Gasteiger partial charge in [-0.05, 0) is 38.1 Å². The number of methoxy groups -OCH3 is 1. The maximum absolute atomic E-state index is 10.9. The minimum atomic E-state index is -0.983. The van der Waals surface area contributed by atoms with Gasteiger partial charge in [-0.1, -0.05) is 12.1 Å². The minimum absolute atomic E-state index is 0.0972. The Bertz CT molecular complexity index is 641. The normalized spacial score (nSPS) is 9.29. The van der Waals surface area contributed by atoms with Crippen LogP contribution in [0.4, 0.5) is 0 Å². The number of pyridine rings is 2. The first-order chi connectivity index (χ1) is 9.93. The number of esters is 1. The van der Waals surface area contributed by atoms with Crippen molar-refractivity contribution in [3.8, 4) is 0 Å². The van der Waals surface area contributed by atoms with Gasteiger partial charge in [0.2, 0.25) is 0 Å². The van der Waals surface area contributed by atoms with Crippen molar-refractivity contribution in [2.24, 2.45) is 0 Å². The number of hydrogen-bond donors (Lipinski definition) is 1. The molecule has 0 fully saturated rings. The van der Waals surface area contributed by atoms with Crippen LogP contribution in [0.5, 0.6) is 0 Å². The molecule has 0 aliphatic heterocycles. The zero-order valence-electron chi connectivity index (χ0n) is 12.0. The van der Waals surface area contributed by atoms with Crippen LogP contribution in [0.1, 0.15) is 32.4 Å². The average Bonchev–Trinajstić information content (AvgIpc) is 2.47. The van der Waals surface area contributed by atoms with E-state index in [1.807, 2.05) is 13.0 Å². The van der Waals surface area contributed by atoms with Crippen LogP contribution in [0.2, 0.25) is 0 Å². The van der Waals surface area contributed by atoms with Crippen LogP contribution in [-0.2, 0) is 4.74 Å². The Kier molecular flexibility index (Phi) is 6.00. The fraction of sp³-hybridized carbons (Fsp3) is 0.200. The van der Waals surface area contributed by atoms with E-state index in [0.717, 1.165) is 11.4 Å². The number of carboxylic acid groups (broad SMARTS) is 1. The summed E-state index contributed by atoms with van der Waals surface area (Å²) >= 11 is 0. The number of carbonyl (C=O) groups is 2. The van der Waals surface area contributed by atoms with Crippen molar-refractivity contribution in [1.29, 1.82) is 0 Å². The highest BCUT2D eigenvalue weighted by Crippen LogP contribution is 1.99. The Morgan fingerprint density at radius 2 is 1.43 bits per heavy atom. The molecule has 0 amide bonds. The summed E-state index contributed by atoms with van der Waals surface area (Å²) < 4.78 is 4.49. The van der Waals surface area contributed by atoms with Gasteiger partial charge in [-0.2, -0.15) is 0 Å². The third kappa shape index (κ3) is 5.40. The molecule has 0 saturated heterocycles. The number of rotatable bonds is 2. The monoisotopic (exact) mass is 288 g/mol. The first-order valence-electron chi connectivity index (χ1n) is 6.13. The van der Waals surface area contributed by atoms with Crippen molar-refractivity contribution in [3.05, 3.63) is 59.2 Å². The first-order valence-corrected chi connectivity index (χ1v) is 6.13.